The molecule has 2 rings (SSSR count). The van der Waals surface area contributed by atoms with E-state index in [-0.39, 0.29) is 22.2 Å². The maximum absolute atomic E-state index is 12.3. The van der Waals surface area contributed by atoms with Gasteiger partial charge in [0, 0.05) is 17.0 Å². The van der Waals surface area contributed by atoms with Crippen LogP contribution in [0.5, 0.6) is 0 Å². The highest BCUT2D eigenvalue weighted by molar-refractivity contribution is 9.10. The second kappa shape index (κ2) is 6.40. The van der Waals surface area contributed by atoms with Gasteiger partial charge in [0.2, 0.25) is 10.0 Å². The summed E-state index contributed by atoms with van der Waals surface area (Å²) >= 11 is 4.71. The molecule has 8 heteroatoms. The first kappa shape index (κ1) is 15.7. The van der Waals surface area contributed by atoms with Crippen molar-refractivity contribution in [2.24, 2.45) is 5.73 Å². The number of sulfonamides is 1. The standard InChI is InChI=1S/C12H15BrN2O3S2/c1-8(5-10-3-2-4-19-10)15-20(16,17)11-6-9(7-14)18-12(11)13/h2-4,6,8,15H,5,7,14H2,1H3. The van der Waals surface area contributed by atoms with E-state index in [1.165, 1.54) is 6.07 Å². The zero-order valence-corrected chi connectivity index (χ0v) is 14.0. The van der Waals surface area contributed by atoms with Crippen molar-refractivity contribution in [2.45, 2.75) is 30.8 Å². The molecule has 0 aromatic carbocycles. The molecule has 2 aromatic rings. The third-order valence-corrected chi connectivity index (χ3v) is 5.99. The van der Waals surface area contributed by atoms with Gasteiger partial charge in [-0.2, -0.15) is 0 Å². The van der Waals surface area contributed by atoms with Crippen LogP contribution in [0.15, 0.2) is 37.6 Å². The Balaban J connectivity index is 2.12. The van der Waals surface area contributed by atoms with Gasteiger partial charge >= 0.3 is 0 Å². The lowest BCUT2D eigenvalue weighted by Crippen LogP contribution is -2.33. The SMILES string of the molecule is CC(Cc1cccs1)NS(=O)(=O)c1cc(CN)oc1Br. The number of thiophene rings is 1. The normalized spacial score (nSPS) is 13.6. The van der Waals surface area contributed by atoms with Crippen molar-refractivity contribution in [2.75, 3.05) is 0 Å². The van der Waals surface area contributed by atoms with Crippen LogP contribution in [0, 0.1) is 0 Å². The topological polar surface area (TPSA) is 85.3 Å². The van der Waals surface area contributed by atoms with E-state index in [0.29, 0.717) is 12.2 Å². The molecular weight excluding hydrogens is 364 g/mol. The highest BCUT2D eigenvalue weighted by Crippen LogP contribution is 2.26. The van der Waals surface area contributed by atoms with Gasteiger partial charge in [-0.25, -0.2) is 13.1 Å². The zero-order valence-electron chi connectivity index (χ0n) is 10.8. The molecule has 20 heavy (non-hydrogen) atoms. The average Bonchev–Trinajstić information content (AvgIpc) is 2.97. The molecule has 0 saturated carbocycles. The van der Waals surface area contributed by atoms with Crippen molar-refractivity contribution in [1.82, 2.24) is 4.72 Å². The van der Waals surface area contributed by atoms with E-state index in [1.807, 2.05) is 24.4 Å². The maximum atomic E-state index is 12.3. The first-order chi connectivity index (χ1) is 9.42. The summed E-state index contributed by atoms with van der Waals surface area (Å²) in [5.74, 6) is 0.420. The number of nitrogens with one attached hydrogen (secondary N) is 1. The number of halogens is 1. The Kier molecular flexibility index (Phi) is 5.03. The number of rotatable bonds is 6. The van der Waals surface area contributed by atoms with Gasteiger partial charge in [0.1, 0.15) is 10.7 Å². The minimum absolute atomic E-state index is 0.0796. The fraction of sp³-hybridized carbons (Fsp3) is 0.333. The third kappa shape index (κ3) is 3.70. The summed E-state index contributed by atoms with van der Waals surface area (Å²) in [6.07, 6.45) is 0.649. The van der Waals surface area contributed by atoms with Crippen LogP contribution in [0.4, 0.5) is 0 Å². The van der Waals surface area contributed by atoms with Crippen molar-refractivity contribution < 1.29 is 12.8 Å². The predicted molar refractivity (Wildman–Crippen MR) is 82.1 cm³/mol. The van der Waals surface area contributed by atoms with Crippen molar-refractivity contribution in [3.8, 4) is 0 Å². The van der Waals surface area contributed by atoms with Crippen molar-refractivity contribution >= 4 is 37.3 Å². The van der Waals surface area contributed by atoms with Crippen LogP contribution in [0.2, 0.25) is 0 Å². The predicted octanol–water partition coefficient (Wildman–Crippen LogP) is 2.47. The monoisotopic (exact) mass is 378 g/mol. The molecule has 5 nitrogen and oxygen atoms in total. The molecule has 0 bridgehead atoms. The van der Waals surface area contributed by atoms with Crippen molar-refractivity contribution in [3.05, 3.63) is 38.9 Å². The van der Waals surface area contributed by atoms with E-state index < -0.39 is 10.0 Å². The lowest BCUT2D eigenvalue weighted by atomic mass is 10.2. The van der Waals surface area contributed by atoms with Gasteiger partial charge in [0.05, 0.1) is 6.54 Å². The Morgan fingerprint density at radius 1 is 1.55 bits per heavy atom. The van der Waals surface area contributed by atoms with Gasteiger partial charge in [-0.3, -0.25) is 0 Å². The zero-order chi connectivity index (χ0) is 14.8. The molecule has 2 heterocycles. The molecule has 0 spiro atoms. The van der Waals surface area contributed by atoms with Gasteiger partial charge in [0.15, 0.2) is 4.67 Å². The van der Waals surface area contributed by atoms with Gasteiger partial charge in [0.25, 0.3) is 0 Å². The Bertz CT molecular complexity index is 665. The molecule has 0 radical (unpaired) electrons. The second-order valence-corrected chi connectivity index (χ2v) is 7.80. The summed E-state index contributed by atoms with van der Waals surface area (Å²) < 4.78 is 32.6. The van der Waals surface area contributed by atoms with E-state index in [1.54, 1.807) is 11.3 Å². The fourth-order valence-corrected chi connectivity index (χ4v) is 4.86. The number of hydrogen-bond acceptors (Lipinski definition) is 5. The van der Waals surface area contributed by atoms with Crippen LogP contribution in [0.3, 0.4) is 0 Å². The van der Waals surface area contributed by atoms with Crippen LogP contribution in [-0.4, -0.2) is 14.5 Å². The first-order valence-corrected chi connectivity index (χ1v) is 9.11. The molecule has 0 aliphatic rings. The van der Waals surface area contributed by atoms with E-state index in [2.05, 4.69) is 20.7 Å². The summed E-state index contributed by atoms with van der Waals surface area (Å²) in [6.45, 7) is 1.98. The summed E-state index contributed by atoms with van der Waals surface area (Å²) in [7, 11) is -3.62. The lowest BCUT2D eigenvalue weighted by molar-refractivity contribution is 0.483. The highest BCUT2D eigenvalue weighted by atomic mass is 79.9. The smallest absolute Gasteiger partial charge is 0.245 e. The van der Waals surface area contributed by atoms with E-state index >= 15 is 0 Å². The maximum Gasteiger partial charge on any atom is 0.245 e. The molecule has 0 aliphatic heterocycles. The quantitative estimate of drug-likeness (QED) is 0.808. The van der Waals surface area contributed by atoms with Crippen molar-refractivity contribution in [3.63, 3.8) is 0 Å². The lowest BCUT2D eigenvalue weighted by Gasteiger charge is -2.12. The Labute approximate surface area is 130 Å². The Morgan fingerprint density at radius 3 is 2.85 bits per heavy atom. The minimum Gasteiger partial charge on any atom is -0.452 e. The molecule has 3 N–H and O–H groups in total. The number of hydrogen-bond donors (Lipinski definition) is 2. The molecule has 0 fully saturated rings. The van der Waals surface area contributed by atoms with E-state index in [4.69, 9.17) is 10.2 Å². The Morgan fingerprint density at radius 2 is 2.30 bits per heavy atom. The largest absolute Gasteiger partial charge is 0.452 e. The van der Waals surface area contributed by atoms with E-state index in [0.717, 1.165) is 4.88 Å². The van der Waals surface area contributed by atoms with Gasteiger partial charge in [-0.1, -0.05) is 6.07 Å². The van der Waals surface area contributed by atoms with Crippen LogP contribution in [-0.2, 0) is 23.0 Å². The molecule has 2 aromatic heterocycles. The molecule has 1 unspecified atom stereocenters. The fourth-order valence-electron chi connectivity index (χ4n) is 1.78. The van der Waals surface area contributed by atoms with Crippen LogP contribution >= 0.6 is 27.3 Å². The van der Waals surface area contributed by atoms with Gasteiger partial charge in [-0.15, -0.1) is 11.3 Å². The van der Waals surface area contributed by atoms with Crippen LogP contribution < -0.4 is 10.5 Å². The van der Waals surface area contributed by atoms with E-state index in [9.17, 15) is 8.42 Å². The van der Waals surface area contributed by atoms with Crippen molar-refractivity contribution in [1.29, 1.82) is 0 Å². The second-order valence-electron chi connectivity index (χ2n) is 4.36. The first-order valence-electron chi connectivity index (χ1n) is 5.95. The molecule has 110 valence electrons. The summed E-state index contributed by atoms with van der Waals surface area (Å²) in [5, 5.41) is 1.97. The molecule has 0 saturated heterocycles. The van der Waals surface area contributed by atoms with Crippen LogP contribution in [0.1, 0.15) is 17.6 Å². The average molecular weight is 379 g/mol. The number of furan rings is 1. The number of nitrogens with two attached hydrogens (primary N) is 1. The summed E-state index contributed by atoms with van der Waals surface area (Å²) in [5.41, 5.74) is 5.44. The molecule has 0 amide bonds. The summed E-state index contributed by atoms with van der Waals surface area (Å²) in [4.78, 5) is 1.21. The highest BCUT2D eigenvalue weighted by Gasteiger charge is 2.24. The molecule has 0 aliphatic carbocycles. The summed E-state index contributed by atoms with van der Waals surface area (Å²) in [6, 6.07) is 5.16. The molecular formula is C12H15BrN2O3S2. The molecule has 1 atom stereocenters. The van der Waals surface area contributed by atoms with Gasteiger partial charge < -0.3 is 10.2 Å². The van der Waals surface area contributed by atoms with Gasteiger partial charge in [-0.05, 0) is 40.7 Å². The third-order valence-electron chi connectivity index (χ3n) is 2.64. The minimum atomic E-state index is -3.62. The Hall–Kier alpha value is -0.670. The van der Waals surface area contributed by atoms with Crippen LogP contribution in [0.25, 0.3) is 0 Å².